The first-order valence-electron chi connectivity index (χ1n) is 6.89. The Morgan fingerprint density at radius 3 is 2.68 bits per heavy atom. The topological polar surface area (TPSA) is 45.5 Å². The maximum absolute atomic E-state index is 12.5. The molecule has 108 valence electrons. The van der Waals surface area contributed by atoms with E-state index in [1.165, 1.54) is 0 Å². The minimum Gasteiger partial charge on any atom is -0.395 e. The van der Waals surface area contributed by atoms with E-state index >= 15 is 0 Å². The van der Waals surface area contributed by atoms with Crippen LogP contribution in [0.15, 0.2) is 12.3 Å². The molecule has 0 aliphatic carbocycles. The molecule has 0 unspecified atom stereocenters. The zero-order chi connectivity index (χ0) is 14.3. The number of aryl methyl sites for hydroxylation is 1. The Morgan fingerprint density at radius 2 is 2.11 bits per heavy atom. The highest BCUT2D eigenvalue weighted by Gasteiger charge is 2.19. The van der Waals surface area contributed by atoms with E-state index in [2.05, 4.69) is 13.8 Å². The molecule has 19 heavy (non-hydrogen) atoms. The number of nitrogens with zero attached hydrogens (tertiary/aromatic N) is 2. The van der Waals surface area contributed by atoms with Crippen LogP contribution in [0.2, 0.25) is 5.02 Å². The van der Waals surface area contributed by atoms with Crippen molar-refractivity contribution >= 4 is 17.5 Å². The molecule has 0 radical (unpaired) electrons. The van der Waals surface area contributed by atoms with Gasteiger partial charge in [0.25, 0.3) is 5.91 Å². The second-order valence-corrected chi connectivity index (χ2v) is 5.04. The zero-order valence-electron chi connectivity index (χ0n) is 11.7. The fourth-order valence-corrected chi connectivity index (χ4v) is 2.25. The Kier molecular flexibility index (Phi) is 6.95. The van der Waals surface area contributed by atoms with Crippen molar-refractivity contribution in [3.63, 3.8) is 0 Å². The van der Waals surface area contributed by atoms with Gasteiger partial charge in [0.2, 0.25) is 0 Å². The van der Waals surface area contributed by atoms with Crippen LogP contribution in [0.1, 0.15) is 43.6 Å². The molecule has 0 spiro atoms. The summed E-state index contributed by atoms with van der Waals surface area (Å²) < 4.78 is 1.89. The predicted molar refractivity (Wildman–Crippen MR) is 77.6 cm³/mol. The Hall–Kier alpha value is -1.00. The number of hydrogen-bond donors (Lipinski definition) is 1. The number of amides is 1. The highest BCUT2D eigenvalue weighted by atomic mass is 35.5. The molecule has 1 amide bonds. The van der Waals surface area contributed by atoms with E-state index in [9.17, 15) is 4.79 Å². The van der Waals surface area contributed by atoms with Crippen LogP contribution in [0.4, 0.5) is 0 Å². The summed E-state index contributed by atoms with van der Waals surface area (Å²) in [6.45, 7) is 5.94. The molecule has 1 N–H and O–H groups in total. The van der Waals surface area contributed by atoms with Crippen LogP contribution in [0.3, 0.4) is 0 Å². The summed E-state index contributed by atoms with van der Waals surface area (Å²) in [5, 5.41) is 9.66. The van der Waals surface area contributed by atoms with E-state index in [0.717, 1.165) is 25.8 Å². The summed E-state index contributed by atoms with van der Waals surface area (Å²) in [6.07, 6.45) is 4.69. The van der Waals surface area contributed by atoms with Crippen molar-refractivity contribution in [2.45, 2.75) is 39.7 Å². The molecule has 0 atom stereocenters. The van der Waals surface area contributed by atoms with Crippen molar-refractivity contribution in [3.8, 4) is 0 Å². The highest BCUT2D eigenvalue weighted by Crippen LogP contribution is 2.17. The van der Waals surface area contributed by atoms with Crippen LogP contribution in [0.5, 0.6) is 0 Å². The summed E-state index contributed by atoms with van der Waals surface area (Å²) in [7, 11) is 0. The average Bonchev–Trinajstić information content (AvgIpc) is 2.75. The maximum Gasteiger partial charge on any atom is 0.270 e. The molecular weight excluding hydrogens is 264 g/mol. The fourth-order valence-electron chi connectivity index (χ4n) is 2.03. The largest absolute Gasteiger partial charge is 0.395 e. The van der Waals surface area contributed by atoms with Crippen molar-refractivity contribution in [3.05, 3.63) is 23.0 Å². The molecule has 0 aliphatic rings. The molecule has 0 fully saturated rings. The molecule has 1 aromatic heterocycles. The summed E-state index contributed by atoms with van der Waals surface area (Å²) >= 11 is 5.99. The molecule has 1 aromatic rings. The van der Waals surface area contributed by atoms with Gasteiger partial charge < -0.3 is 14.6 Å². The number of carbonyl (C=O) groups is 1. The van der Waals surface area contributed by atoms with E-state index in [0.29, 0.717) is 23.8 Å². The van der Waals surface area contributed by atoms with Crippen LogP contribution in [0, 0.1) is 0 Å². The number of unbranched alkanes of at least 4 members (excludes halogenated alkanes) is 1. The van der Waals surface area contributed by atoms with Crippen molar-refractivity contribution in [1.82, 2.24) is 9.47 Å². The van der Waals surface area contributed by atoms with Gasteiger partial charge in [0.05, 0.1) is 11.6 Å². The molecule has 0 saturated carbocycles. The molecule has 0 aliphatic heterocycles. The SMILES string of the molecule is CCCCN(CCO)C(=O)c1cc(Cl)cn1CCC. The number of carbonyl (C=O) groups excluding carboxylic acids is 1. The first-order chi connectivity index (χ1) is 9.13. The lowest BCUT2D eigenvalue weighted by Crippen LogP contribution is -2.35. The van der Waals surface area contributed by atoms with Crippen LogP contribution in [-0.2, 0) is 6.54 Å². The first-order valence-corrected chi connectivity index (χ1v) is 7.27. The number of aliphatic hydroxyl groups is 1. The van der Waals surface area contributed by atoms with Gasteiger partial charge in [-0.2, -0.15) is 0 Å². The minimum absolute atomic E-state index is 0.0162. The summed E-state index contributed by atoms with van der Waals surface area (Å²) in [6, 6.07) is 1.70. The molecule has 0 saturated heterocycles. The molecule has 4 nitrogen and oxygen atoms in total. The van der Waals surface area contributed by atoms with Gasteiger partial charge in [-0.05, 0) is 18.9 Å². The van der Waals surface area contributed by atoms with Gasteiger partial charge in [-0.15, -0.1) is 0 Å². The Labute approximate surface area is 120 Å². The lowest BCUT2D eigenvalue weighted by atomic mass is 10.2. The maximum atomic E-state index is 12.5. The van der Waals surface area contributed by atoms with E-state index in [-0.39, 0.29) is 12.5 Å². The zero-order valence-corrected chi connectivity index (χ0v) is 12.5. The number of hydrogen-bond acceptors (Lipinski definition) is 2. The van der Waals surface area contributed by atoms with Gasteiger partial charge in [0.15, 0.2) is 0 Å². The van der Waals surface area contributed by atoms with Gasteiger partial charge in [0, 0.05) is 25.8 Å². The molecule has 0 aromatic carbocycles. The van der Waals surface area contributed by atoms with Crippen LogP contribution >= 0.6 is 11.6 Å². The lowest BCUT2D eigenvalue weighted by molar-refractivity contribution is 0.0708. The van der Waals surface area contributed by atoms with Gasteiger partial charge in [-0.25, -0.2) is 0 Å². The minimum atomic E-state index is -0.0529. The Bertz CT molecular complexity index is 404. The average molecular weight is 287 g/mol. The van der Waals surface area contributed by atoms with Crippen LogP contribution < -0.4 is 0 Å². The quantitative estimate of drug-likeness (QED) is 0.799. The van der Waals surface area contributed by atoms with Gasteiger partial charge >= 0.3 is 0 Å². The van der Waals surface area contributed by atoms with Gasteiger partial charge in [0.1, 0.15) is 5.69 Å². The second-order valence-electron chi connectivity index (χ2n) is 4.61. The van der Waals surface area contributed by atoms with Crippen molar-refractivity contribution < 1.29 is 9.90 Å². The van der Waals surface area contributed by atoms with E-state index in [4.69, 9.17) is 16.7 Å². The molecule has 0 bridgehead atoms. The summed E-state index contributed by atoms with van der Waals surface area (Å²) in [5.41, 5.74) is 0.608. The standard InChI is InChI=1S/C14H23ClN2O2/c1-3-5-7-16(8-9-18)14(19)13-10-12(15)11-17(13)6-4-2/h10-11,18H,3-9H2,1-2H3. The van der Waals surface area contributed by atoms with Crippen molar-refractivity contribution in [2.75, 3.05) is 19.7 Å². The highest BCUT2D eigenvalue weighted by molar-refractivity contribution is 6.31. The normalized spacial score (nSPS) is 10.7. The van der Waals surface area contributed by atoms with Crippen molar-refractivity contribution in [1.29, 1.82) is 0 Å². The Morgan fingerprint density at radius 1 is 1.37 bits per heavy atom. The van der Waals surface area contributed by atoms with Gasteiger partial charge in [-0.3, -0.25) is 4.79 Å². The Balaban J connectivity index is 2.88. The van der Waals surface area contributed by atoms with E-state index in [1.807, 2.05) is 4.57 Å². The van der Waals surface area contributed by atoms with Crippen LogP contribution in [0.25, 0.3) is 0 Å². The number of halogens is 1. The third-order valence-corrected chi connectivity index (χ3v) is 3.19. The summed E-state index contributed by atoms with van der Waals surface area (Å²) in [5.74, 6) is -0.0529. The molecule has 1 heterocycles. The molecular formula is C14H23ClN2O2. The lowest BCUT2D eigenvalue weighted by Gasteiger charge is -2.22. The second kappa shape index (κ2) is 8.23. The smallest absolute Gasteiger partial charge is 0.270 e. The van der Waals surface area contributed by atoms with Crippen molar-refractivity contribution in [2.24, 2.45) is 0 Å². The summed E-state index contributed by atoms with van der Waals surface area (Å²) in [4.78, 5) is 14.2. The third kappa shape index (κ3) is 4.55. The number of aromatic nitrogens is 1. The third-order valence-electron chi connectivity index (χ3n) is 2.99. The van der Waals surface area contributed by atoms with E-state index in [1.54, 1.807) is 17.2 Å². The molecule has 1 rings (SSSR count). The van der Waals surface area contributed by atoms with E-state index < -0.39 is 0 Å². The molecule has 5 heteroatoms. The van der Waals surface area contributed by atoms with Gasteiger partial charge in [-0.1, -0.05) is 31.9 Å². The first kappa shape index (κ1) is 16.1. The fraction of sp³-hybridized carbons (Fsp3) is 0.643. The number of aliphatic hydroxyl groups excluding tert-OH is 1. The monoisotopic (exact) mass is 286 g/mol. The van der Waals surface area contributed by atoms with Crippen LogP contribution in [-0.4, -0.2) is 40.2 Å². The predicted octanol–water partition coefficient (Wildman–Crippen LogP) is 2.79. The number of rotatable bonds is 8.